The van der Waals surface area contributed by atoms with Gasteiger partial charge in [0.2, 0.25) is 5.91 Å². The third-order valence-corrected chi connectivity index (χ3v) is 5.23. The van der Waals surface area contributed by atoms with Gasteiger partial charge < -0.3 is 15.5 Å². The first-order chi connectivity index (χ1) is 9.68. The number of carbonyl (C=O) groups is 4. The average Bonchev–Trinajstić information content (AvgIpc) is 2.35. The molecule has 1 aliphatic carbocycles. The van der Waals surface area contributed by atoms with Crippen molar-refractivity contribution in [2.75, 3.05) is 5.75 Å². The van der Waals surface area contributed by atoms with E-state index < -0.39 is 34.6 Å². The molecule has 0 radical (unpaired) electrons. The molecule has 0 aromatic carbocycles. The minimum Gasteiger partial charge on any atom is -0.481 e. The first kappa shape index (κ1) is 17.5. The van der Waals surface area contributed by atoms with Crippen LogP contribution in [0.1, 0.15) is 33.1 Å². The van der Waals surface area contributed by atoms with E-state index in [0.717, 1.165) is 11.8 Å². The zero-order chi connectivity index (χ0) is 16.2. The molecular weight excluding hydrogens is 298 g/mol. The summed E-state index contributed by atoms with van der Waals surface area (Å²) in [5.74, 6) is -2.98. The van der Waals surface area contributed by atoms with Crippen molar-refractivity contribution in [1.29, 1.82) is 0 Å². The lowest BCUT2D eigenvalue weighted by molar-refractivity contribution is -0.151. The second kappa shape index (κ2) is 6.93. The molecule has 118 valence electrons. The smallest absolute Gasteiger partial charge is 0.327 e. The monoisotopic (exact) mass is 317 g/mol. The van der Waals surface area contributed by atoms with E-state index in [9.17, 15) is 24.3 Å². The number of Topliss-reactive ketones (excluding diaryl/α,β-unsaturated/α-hetero) is 1. The number of aliphatic carboxylic acids is 2. The lowest BCUT2D eigenvalue weighted by atomic mass is 9.74. The Morgan fingerprint density at radius 3 is 2.52 bits per heavy atom. The number of carbonyl (C=O) groups excluding carboxylic acids is 2. The number of hydrogen-bond acceptors (Lipinski definition) is 5. The maximum absolute atomic E-state index is 12.0. The van der Waals surface area contributed by atoms with Gasteiger partial charge in [-0.25, -0.2) is 4.79 Å². The minimum atomic E-state index is -1.21. The highest BCUT2D eigenvalue weighted by Gasteiger charge is 2.48. The first-order valence-electron chi connectivity index (χ1n) is 6.56. The average molecular weight is 317 g/mol. The van der Waals surface area contributed by atoms with Crippen LogP contribution in [0.25, 0.3) is 0 Å². The number of carboxylic acid groups (broad SMARTS) is 2. The molecular formula is C13H19NO6S. The fraction of sp³-hybridized carbons (Fsp3) is 0.692. The molecule has 3 N–H and O–H groups in total. The predicted octanol–water partition coefficient (Wildman–Crippen LogP) is 0.521. The Morgan fingerprint density at radius 2 is 2.05 bits per heavy atom. The van der Waals surface area contributed by atoms with Crippen LogP contribution in [0, 0.1) is 5.41 Å². The van der Waals surface area contributed by atoms with Crippen LogP contribution in [0.5, 0.6) is 0 Å². The lowest BCUT2D eigenvalue weighted by Crippen LogP contribution is -2.48. The number of hydrogen-bond donors (Lipinski definition) is 3. The van der Waals surface area contributed by atoms with Crippen molar-refractivity contribution in [1.82, 2.24) is 5.32 Å². The number of amides is 1. The molecule has 1 aliphatic rings. The van der Waals surface area contributed by atoms with Crippen molar-refractivity contribution >= 4 is 35.4 Å². The number of nitrogens with one attached hydrogen (secondary N) is 1. The molecule has 1 saturated carbocycles. The summed E-state index contributed by atoms with van der Waals surface area (Å²) in [6.07, 6.45) is 1.20. The van der Waals surface area contributed by atoms with Gasteiger partial charge in [0, 0.05) is 19.1 Å². The number of carboxylic acids is 2. The Kier molecular flexibility index (Phi) is 5.77. The van der Waals surface area contributed by atoms with Gasteiger partial charge in [-0.2, -0.15) is 0 Å². The highest BCUT2D eigenvalue weighted by Crippen LogP contribution is 2.41. The quantitative estimate of drug-likeness (QED) is 0.653. The van der Waals surface area contributed by atoms with Crippen LogP contribution >= 0.6 is 11.8 Å². The van der Waals surface area contributed by atoms with Crippen LogP contribution in [0.4, 0.5) is 0 Å². The van der Waals surface area contributed by atoms with Crippen LogP contribution in [-0.4, -0.2) is 50.9 Å². The molecule has 0 aliphatic heterocycles. The molecule has 0 aromatic heterocycles. The van der Waals surface area contributed by atoms with Crippen LogP contribution < -0.4 is 5.32 Å². The van der Waals surface area contributed by atoms with Gasteiger partial charge in [-0.1, -0.05) is 0 Å². The highest BCUT2D eigenvalue weighted by atomic mass is 32.2. The summed E-state index contributed by atoms with van der Waals surface area (Å²) in [5.41, 5.74) is -1.20. The zero-order valence-corrected chi connectivity index (χ0v) is 12.7. The van der Waals surface area contributed by atoms with E-state index in [-0.39, 0.29) is 11.5 Å². The molecule has 8 heteroatoms. The number of rotatable bonds is 6. The van der Waals surface area contributed by atoms with Crippen LogP contribution in [0.3, 0.4) is 0 Å². The van der Waals surface area contributed by atoms with Crippen molar-refractivity contribution in [3.63, 3.8) is 0 Å². The van der Waals surface area contributed by atoms with Crippen molar-refractivity contribution in [2.45, 2.75) is 44.4 Å². The van der Waals surface area contributed by atoms with Gasteiger partial charge in [-0.3, -0.25) is 14.4 Å². The Morgan fingerprint density at radius 1 is 1.43 bits per heavy atom. The Bertz CT molecular complexity index is 466. The van der Waals surface area contributed by atoms with E-state index in [1.807, 2.05) is 0 Å². The second-order valence-corrected chi connectivity index (χ2v) is 6.49. The fourth-order valence-corrected chi connectivity index (χ4v) is 3.86. The van der Waals surface area contributed by atoms with Gasteiger partial charge >= 0.3 is 11.9 Å². The van der Waals surface area contributed by atoms with Crippen molar-refractivity contribution in [3.8, 4) is 0 Å². The summed E-state index contributed by atoms with van der Waals surface area (Å²) in [6, 6.07) is -1.14. The number of ketones is 1. The highest BCUT2D eigenvalue weighted by molar-refractivity contribution is 8.00. The SMILES string of the molecule is CC(=O)N[C@@H](CSC1C(=O)CCCC1(C)C(=O)O)C(=O)O. The second-order valence-electron chi connectivity index (χ2n) is 5.35. The molecule has 0 heterocycles. The Balaban J connectivity index is 2.81. The molecule has 1 fully saturated rings. The first-order valence-corrected chi connectivity index (χ1v) is 7.61. The zero-order valence-electron chi connectivity index (χ0n) is 11.9. The molecule has 3 atom stereocenters. The summed E-state index contributed by atoms with van der Waals surface area (Å²) in [6.45, 7) is 2.71. The van der Waals surface area contributed by atoms with Crippen LogP contribution in [0.15, 0.2) is 0 Å². The summed E-state index contributed by atoms with van der Waals surface area (Å²) >= 11 is 0.993. The largest absolute Gasteiger partial charge is 0.481 e. The third-order valence-electron chi connectivity index (χ3n) is 3.58. The Hall–Kier alpha value is -1.57. The fourth-order valence-electron chi connectivity index (χ4n) is 2.36. The van der Waals surface area contributed by atoms with Crippen LogP contribution in [0.2, 0.25) is 0 Å². The molecule has 7 nitrogen and oxygen atoms in total. The van der Waals surface area contributed by atoms with Gasteiger partial charge in [0.15, 0.2) is 0 Å². The molecule has 0 saturated heterocycles. The van der Waals surface area contributed by atoms with E-state index in [2.05, 4.69) is 5.32 Å². The minimum absolute atomic E-state index is 0.0474. The summed E-state index contributed by atoms with van der Waals surface area (Å²) in [5, 5.41) is 19.9. The van der Waals surface area contributed by atoms with E-state index >= 15 is 0 Å². The molecule has 0 spiro atoms. The molecule has 0 aromatic rings. The topological polar surface area (TPSA) is 121 Å². The van der Waals surface area contributed by atoms with Gasteiger partial charge in [0.05, 0.1) is 10.7 Å². The lowest BCUT2D eigenvalue weighted by Gasteiger charge is -2.36. The van der Waals surface area contributed by atoms with E-state index in [1.54, 1.807) is 0 Å². The normalized spacial score (nSPS) is 27.0. The molecule has 21 heavy (non-hydrogen) atoms. The summed E-state index contributed by atoms with van der Waals surface area (Å²) in [4.78, 5) is 45.5. The number of thioether (sulfide) groups is 1. The van der Waals surface area contributed by atoms with Gasteiger partial charge in [-0.05, 0) is 19.8 Å². The summed E-state index contributed by atoms with van der Waals surface area (Å²) < 4.78 is 0. The molecule has 1 amide bonds. The van der Waals surface area contributed by atoms with Gasteiger partial charge in [-0.15, -0.1) is 11.8 Å². The van der Waals surface area contributed by atoms with Crippen molar-refractivity contribution in [3.05, 3.63) is 0 Å². The van der Waals surface area contributed by atoms with E-state index in [1.165, 1.54) is 13.8 Å². The van der Waals surface area contributed by atoms with Gasteiger partial charge in [0.1, 0.15) is 11.8 Å². The van der Waals surface area contributed by atoms with E-state index in [0.29, 0.717) is 19.3 Å². The third kappa shape index (κ3) is 4.20. The summed E-state index contributed by atoms with van der Waals surface area (Å²) in [7, 11) is 0. The maximum Gasteiger partial charge on any atom is 0.327 e. The predicted molar refractivity (Wildman–Crippen MR) is 76.1 cm³/mol. The molecule has 1 rings (SSSR count). The standard InChI is InChI=1S/C13H19NO6S/c1-7(15)14-8(11(17)18)6-21-10-9(16)4-3-5-13(10,2)12(19)20/h8,10H,3-6H2,1-2H3,(H,14,15)(H,17,18)(H,19,20)/t8-,10?,13?/m0/s1. The molecule has 0 bridgehead atoms. The molecule has 2 unspecified atom stereocenters. The van der Waals surface area contributed by atoms with Crippen molar-refractivity contribution < 1.29 is 29.4 Å². The van der Waals surface area contributed by atoms with Gasteiger partial charge in [0.25, 0.3) is 0 Å². The van der Waals surface area contributed by atoms with E-state index in [4.69, 9.17) is 5.11 Å². The maximum atomic E-state index is 12.0. The Labute approximate surface area is 126 Å². The van der Waals surface area contributed by atoms with Crippen molar-refractivity contribution in [2.24, 2.45) is 5.41 Å². The van der Waals surface area contributed by atoms with Crippen LogP contribution in [-0.2, 0) is 19.2 Å².